The molecule has 1 aromatic rings. The first-order chi connectivity index (χ1) is 5.83. The van der Waals surface area contributed by atoms with Crippen LogP contribution in [-0.4, -0.2) is 12.1 Å². The summed E-state index contributed by atoms with van der Waals surface area (Å²) in [7, 11) is 1.68. The van der Waals surface area contributed by atoms with Crippen molar-refractivity contribution in [2.75, 3.05) is 7.11 Å². The summed E-state index contributed by atoms with van der Waals surface area (Å²) >= 11 is 3.49. The van der Waals surface area contributed by atoms with E-state index in [1.165, 1.54) is 12.8 Å². The van der Waals surface area contributed by atoms with Crippen LogP contribution in [0.4, 0.5) is 0 Å². The average Bonchev–Trinajstić information content (AvgIpc) is 2.88. The Morgan fingerprint density at radius 2 is 2.33 bits per heavy atom. The zero-order valence-electron chi connectivity index (χ0n) is 6.88. The molecule has 2 nitrogen and oxygen atoms in total. The topological polar surface area (TPSA) is 22.1 Å². The van der Waals surface area contributed by atoms with Crippen molar-refractivity contribution >= 4 is 15.9 Å². The molecule has 0 N–H and O–H groups in total. The van der Waals surface area contributed by atoms with Gasteiger partial charge in [-0.05, 0) is 34.8 Å². The van der Waals surface area contributed by atoms with Gasteiger partial charge in [0.15, 0.2) is 0 Å². The molecular formula is C9H10BrNO. The minimum atomic E-state index is 0.662. The molecule has 12 heavy (non-hydrogen) atoms. The maximum atomic E-state index is 5.18. The van der Waals surface area contributed by atoms with E-state index >= 15 is 0 Å². The Kier molecular flexibility index (Phi) is 2.05. The number of halogens is 1. The maximum Gasteiger partial charge on any atom is 0.136 e. The molecular weight excluding hydrogens is 218 g/mol. The third-order valence-corrected chi connectivity index (χ3v) is 2.86. The Morgan fingerprint density at radius 1 is 1.58 bits per heavy atom. The molecule has 1 aliphatic carbocycles. The Labute approximate surface area is 80.1 Å². The van der Waals surface area contributed by atoms with E-state index in [1.807, 2.05) is 6.07 Å². The van der Waals surface area contributed by atoms with Crippen LogP contribution < -0.4 is 4.74 Å². The van der Waals surface area contributed by atoms with E-state index in [-0.39, 0.29) is 0 Å². The lowest BCUT2D eigenvalue weighted by Crippen LogP contribution is -1.91. The summed E-state index contributed by atoms with van der Waals surface area (Å²) < 4.78 is 6.20. The smallest absolute Gasteiger partial charge is 0.136 e. The van der Waals surface area contributed by atoms with Gasteiger partial charge < -0.3 is 4.74 Å². The van der Waals surface area contributed by atoms with E-state index < -0.39 is 0 Å². The van der Waals surface area contributed by atoms with E-state index in [2.05, 4.69) is 20.9 Å². The Bertz CT molecular complexity index is 297. The van der Waals surface area contributed by atoms with E-state index in [1.54, 1.807) is 13.3 Å². The first kappa shape index (κ1) is 8.05. The predicted octanol–water partition coefficient (Wildman–Crippen LogP) is 2.73. The van der Waals surface area contributed by atoms with E-state index in [9.17, 15) is 0 Å². The molecule has 0 unspecified atom stereocenters. The molecule has 0 spiro atoms. The van der Waals surface area contributed by atoms with Gasteiger partial charge in [0.25, 0.3) is 0 Å². The molecule has 1 aliphatic rings. The lowest BCUT2D eigenvalue weighted by Gasteiger charge is -2.05. The van der Waals surface area contributed by atoms with E-state index in [0.29, 0.717) is 5.92 Å². The van der Waals surface area contributed by atoms with Gasteiger partial charge in [-0.3, -0.25) is 4.98 Å². The van der Waals surface area contributed by atoms with Gasteiger partial charge in [0.2, 0.25) is 0 Å². The van der Waals surface area contributed by atoms with Gasteiger partial charge in [0.05, 0.1) is 17.3 Å². The highest BCUT2D eigenvalue weighted by Crippen LogP contribution is 2.44. The van der Waals surface area contributed by atoms with Crippen LogP contribution in [0.25, 0.3) is 0 Å². The normalized spacial score (nSPS) is 16.2. The van der Waals surface area contributed by atoms with Gasteiger partial charge >= 0.3 is 0 Å². The number of nitrogens with zero attached hydrogens (tertiary/aromatic N) is 1. The van der Waals surface area contributed by atoms with Crippen LogP contribution in [0.15, 0.2) is 16.7 Å². The second-order valence-electron chi connectivity index (χ2n) is 2.99. The summed E-state index contributed by atoms with van der Waals surface area (Å²) in [5, 5.41) is 0. The largest absolute Gasteiger partial charge is 0.495 e. The van der Waals surface area contributed by atoms with E-state index in [4.69, 9.17) is 4.74 Å². The molecule has 1 fully saturated rings. The fraction of sp³-hybridized carbons (Fsp3) is 0.444. The molecule has 0 radical (unpaired) electrons. The molecule has 0 bridgehead atoms. The molecule has 1 heterocycles. The summed E-state index contributed by atoms with van der Waals surface area (Å²) in [5.41, 5.74) is 1.15. The highest BCUT2D eigenvalue weighted by atomic mass is 79.9. The van der Waals surface area contributed by atoms with Crippen molar-refractivity contribution in [1.82, 2.24) is 4.98 Å². The molecule has 0 aromatic carbocycles. The molecule has 1 aromatic heterocycles. The fourth-order valence-electron chi connectivity index (χ4n) is 1.24. The molecule has 2 rings (SSSR count). The summed E-state index contributed by atoms with van der Waals surface area (Å²) in [6, 6.07) is 1.87. The van der Waals surface area contributed by atoms with Gasteiger partial charge in [-0.2, -0.15) is 0 Å². The van der Waals surface area contributed by atoms with Crippen LogP contribution in [0.1, 0.15) is 24.5 Å². The fourth-order valence-corrected chi connectivity index (χ4v) is 1.96. The van der Waals surface area contributed by atoms with Crippen LogP contribution in [0.2, 0.25) is 0 Å². The van der Waals surface area contributed by atoms with Crippen LogP contribution >= 0.6 is 15.9 Å². The van der Waals surface area contributed by atoms with Crippen molar-refractivity contribution in [1.29, 1.82) is 0 Å². The first-order valence-corrected chi connectivity index (χ1v) is 4.80. The van der Waals surface area contributed by atoms with Crippen molar-refractivity contribution in [3.63, 3.8) is 0 Å². The summed E-state index contributed by atoms with van der Waals surface area (Å²) in [6.07, 6.45) is 4.33. The van der Waals surface area contributed by atoms with Crippen molar-refractivity contribution in [3.8, 4) is 5.75 Å². The Hall–Kier alpha value is -0.570. The van der Waals surface area contributed by atoms with Gasteiger partial charge in [-0.1, -0.05) is 0 Å². The number of methoxy groups -OCH3 is 1. The van der Waals surface area contributed by atoms with Crippen molar-refractivity contribution < 1.29 is 4.74 Å². The van der Waals surface area contributed by atoms with Gasteiger partial charge in [0, 0.05) is 12.1 Å². The number of aromatic nitrogens is 1. The molecule has 1 saturated carbocycles. The quantitative estimate of drug-likeness (QED) is 0.776. The number of hydrogen-bond acceptors (Lipinski definition) is 2. The lowest BCUT2D eigenvalue weighted by molar-refractivity contribution is 0.410. The Balaban J connectivity index is 2.40. The van der Waals surface area contributed by atoms with E-state index in [0.717, 1.165) is 15.9 Å². The highest BCUT2D eigenvalue weighted by Gasteiger charge is 2.28. The zero-order valence-corrected chi connectivity index (χ0v) is 8.47. The van der Waals surface area contributed by atoms with Crippen molar-refractivity contribution in [2.24, 2.45) is 0 Å². The summed E-state index contributed by atoms with van der Waals surface area (Å²) in [4.78, 5) is 4.32. The maximum absolute atomic E-state index is 5.18. The van der Waals surface area contributed by atoms with Crippen molar-refractivity contribution in [3.05, 3.63) is 22.4 Å². The third-order valence-electron chi connectivity index (χ3n) is 2.06. The average molecular weight is 228 g/mol. The molecule has 0 atom stereocenters. The lowest BCUT2D eigenvalue weighted by atomic mass is 10.2. The second-order valence-corrected chi connectivity index (χ2v) is 3.78. The molecule has 0 amide bonds. The number of pyridine rings is 1. The Morgan fingerprint density at radius 3 is 2.92 bits per heavy atom. The molecule has 0 saturated heterocycles. The highest BCUT2D eigenvalue weighted by molar-refractivity contribution is 9.10. The zero-order chi connectivity index (χ0) is 8.55. The van der Waals surface area contributed by atoms with Crippen LogP contribution in [0, 0.1) is 0 Å². The standard InChI is InChI=1S/C9H10BrNO/c1-12-7-4-5-11-9(8(7)10)6-2-3-6/h4-6H,2-3H2,1H3. The monoisotopic (exact) mass is 227 g/mol. The van der Waals surface area contributed by atoms with Gasteiger partial charge in [-0.15, -0.1) is 0 Å². The van der Waals surface area contributed by atoms with Gasteiger partial charge in [-0.25, -0.2) is 0 Å². The number of hydrogen-bond donors (Lipinski definition) is 0. The molecule has 3 heteroatoms. The molecule has 0 aliphatic heterocycles. The van der Waals surface area contributed by atoms with Crippen LogP contribution in [-0.2, 0) is 0 Å². The second kappa shape index (κ2) is 3.05. The first-order valence-electron chi connectivity index (χ1n) is 4.01. The van der Waals surface area contributed by atoms with Crippen molar-refractivity contribution in [2.45, 2.75) is 18.8 Å². The van der Waals surface area contributed by atoms with Crippen LogP contribution in [0.3, 0.4) is 0 Å². The van der Waals surface area contributed by atoms with Crippen LogP contribution in [0.5, 0.6) is 5.75 Å². The third kappa shape index (κ3) is 1.33. The SMILES string of the molecule is COc1ccnc(C2CC2)c1Br. The minimum absolute atomic E-state index is 0.662. The van der Waals surface area contributed by atoms with Gasteiger partial charge in [0.1, 0.15) is 5.75 Å². The number of ether oxygens (including phenoxy) is 1. The number of rotatable bonds is 2. The molecule has 64 valence electrons. The minimum Gasteiger partial charge on any atom is -0.495 e. The summed E-state index contributed by atoms with van der Waals surface area (Å²) in [5.74, 6) is 1.54. The predicted molar refractivity (Wildman–Crippen MR) is 50.5 cm³/mol. The summed E-state index contributed by atoms with van der Waals surface area (Å²) in [6.45, 7) is 0.